The Labute approximate surface area is 118 Å². The van der Waals surface area contributed by atoms with Crippen molar-refractivity contribution in [2.24, 2.45) is 7.05 Å². The van der Waals surface area contributed by atoms with Gasteiger partial charge in [-0.1, -0.05) is 11.3 Å². The maximum absolute atomic E-state index is 12.1. The highest BCUT2D eigenvalue weighted by molar-refractivity contribution is 7.11. The molecule has 0 spiro atoms. The van der Waals surface area contributed by atoms with E-state index >= 15 is 0 Å². The fourth-order valence-corrected chi connectivity index (χ4v) is 2.42. The molecule has 104 valence electrons. The predicted octanol–water partition coefficient (Wildman–Crippen LogP) is 0.140. The minimum atomic E-state index is -0.241. The van der Waals surface area contributed by atoms with E-state index in [-0.39, 0.29) is 23.3 Å². The highest BCUT2D eigenvalue weighted by Crippen LogP contribution is 2.20. The van der Waals surface area contributed by atoms with Crippen molar-refractivity contribution in [1.29, 1.82) is 0 Å². The van der Waals surface area contributed by atoms with Gasteiger partial charge in [-0.2, -0.15) is 5.10 Å². The van der Waals surface area contributed by atoms with Crippen molar-refractivity contribution in [2.45, 2.75) is 6.10 Å². The first-order valence-electron chi connectivity index (χ1n) is 6.03. The van der Waals surface area contributed by atoms with Gasteiger partial charge in [0.1, 0.15) is 11.8 Å². The molecule has 1 fully saturated rings. The van der Waals surface area contributed by atoms with E-state index in [4.69, 9.17) is 4.74 Å². The Morgan fingerprint density at radius 3 is 2.90 bits per heavy atom. The quantitative estimate of drug-likeness (QED) is 0.804. The lowest BCUT2D eigenvalue weighted by molar-refractivity contribution is 0.0171. The molecule has 0 aliphatic carbocycles. The van der Waals surface area contributed by atoms with Crippen LogP contribution in [0.3, 0.4) is 0 Å². The molecule has 20 heavy (non-hydrogen) atoms. The summed E-state index contributed by atoms with van der Waals surface area (Å²) in [6, 6.07) is 2.78. The summed E-state index contributed by atoms with van der Waals surface area (Å²) in [5.41, 5.74) is 0.0231. The van der Waals surface area contributed by atoms with Crippen molar-refractivity contribution < 1.29 is 9.53 Å². The number of aromatic nitrogens is 3. The van der Waals surface area contributed by atoms with E-state index in [1.807, 2.05) is 5.38 Å². The Balaban J connectivity index is 1.60. The van der Waals surface area contributed by atoms with Crippen molar-refractivity contribution in [3.63, 3.8) is 0 Å². The van der Waals surface area contributed by atoms with E-state index in [9.17, 15) is 9.59 Å². The molecule has 0 unspecified atom stereocenters. The molecule has 3 rings (SSSR count). The zero-order valence-electron chi connectivity index (χ0n) is 10.7. The standard InChI is InChI=1S/C12H12N4O3S/c1-15-10(17)3-2-9(14-15)11(18)16-6-8(7-16)19-12-13-4-5-20-12/h2-5,8H,6-7H2,1H3. The van der Waals surface area contributed by atoms with Gasteiger partial charge >= 0.3 is 0 Å². The zero-order valence-corrected chi connectivity index (χ0v) is 11.5. The Bertz CT molecular complexity index is 676. The molecule has 1 saturated heterocycles. The topological polar surface area (TPSA) is 77.3 Å². The van der Waals surface area contributed by atoms with Gasteiger partial charge < -0.3 is 9.64 Å². The predicted molar refractivity (Wildman–Crippen MR) is 71.9 cm³/mol. The molecule has 0 bridgehead atoms. The van der Waals surface area contributed by atoms with E-state index in [0.717, 1.165) is 4.68 Å². The molecule has 0 atom stereocenters. The number of hydrogen-bond donors (Lipinski definition) is 0. The highest BCUT2D eigenvalue weighted by Gasteiger charge is 2.34. The van der Waals surface area contributed by atoms with E-state index < -0.39 is 0 Å². The van der Waals surface area contributed by atoms with E-state index in [1.54, 1.807) is 11.1 Å². The molecule has 8 heteroatoms. The van der Waals surface area contributed by atoms with Crippen LogP contribution in [0.15, 0.2) is 28.5 Å². The average Bonchev–Trinajstić information content (AvgIpc) is 2.89. The van der Waals surface area contributed by atoms with Crippen LogP contribution in [0.1, 0.15) is 10.5 Å². The van der Waals surface area contributed by atoms with Gasteiger partial charge in [0.05, 0.1) is 13.1 Å². The molecule has 2 aromatic heterocycles. The molecule has 3 heterocycles. The Morgan fingerprint density at radius 2 is 2.25 bits per heavy atom. The van der Waals surface area contributed by atoms with Crippen molar-refractivity contribution >= 4 is 17.2 Å². The van der Waals surface area contributed by atoms with Crippen LogP contribution in [0.2, 0.25) is 0 Å². The molecular weight excluding hydrogens is 280 g/mol. The van der Waals surface area contributed by atoms with Gasteiger partial charge in [0, 0.05) is 24.7 Å². The lowest BCUT2D eigenvalue weighted by Gasteiger charge is -2.37. The summed E-state index contributed by atoms with van der Waals surface area (Å²) in [4.78, 5) is 29.0. The van der Waals surface area contributed by atoms with Crippen molar-refractivity contribution in [2.75, 3.05) is 13.1 Å². The fraction of sp³-hybridized carbons (Fsp3) is 0.333. The molecule has 1 amide bonds. The van der Waals surface area contributed by atoms with Crippen LogP contribution in [0.5, 0.6) is 5.19 Å². The number of nitrogens with zero attached hydrogens (tertiary/aromatic N) is 4. The van der Waals surface area contributed by atoms with Gasteiger partial charge in [-0.3, -0.25) is 9.59 Å². The number of likely N-dealkylation sites (tertiary alicyclic amines) is 1. The van der Waals surface area contributed by atoms with Gasteiger partial charge in [0.15, 0.2) is 0 Å². The van der Waals surface area contributed by atoms with Gasteiger partial charge in [-0.25, -0.2) is 9.67 Å². The highest BCUT2D eigenvalue weighted by atomic mass is 32.1. The minimum Gasteiger partial charge on any atom is -0.463 e. The van der Waals surface area contributed by atoms with Crippen LogP contribution >= 0.6 is 11.3 Å². The molecule has 1 aliphatic rings. The normalized spacial score (nSPS) is 14.9. The maximum Gasteiger partial charge on any atom is 0.274 e. The molecule has 1 aliphatic heterocycles. The first kappa shape index (κ1) is 12.8. The van der Waals surface area contributed by atoms with E-state index in [2.05, 4.69) is 10.1 Å². The smallest absolute Gasteiger partial charge is 0.274 e. The van der Waals surface area contributed by atoms with Crippen LogP contribution < -0.4 is 10.3 Å². The molecule has 7 nitrogen and oxygen atoms in total. The molecule has 0 aromatic carbocycles. The third-order valence-corrected chi connectivity index (χ3v) is 3.65. The van der Waals surface area contributed by atoms with Crippen molar-refractivity contribution in [3.05, 3.63) is 39.8 Å². The number of carbonyl (C=O) groups is 1. The summed E-state index contributed by atoms with van der Waals surface area (Å²) in [6.45, 7) is 1.01. The molecule has 0 radical (unpaired) electrons. The number of ether oxygens (including phenoxy) is 1. The van der Waals surface area contributed by atoms with Crippen LogP contribution in [-0.2, 0) is 7.05 Å². The summed E-state index contributed by atoms with van der Waals surface area (Å²) in [6.07, 6.45) is 1.65. The summed E-state index contributed by atoms with van der Waals surface area (Å²) in [5, 5.41) is 6.39. The number of amides is 1. The summed E-state index contributed by atoms with van der Waals surface area (Å²) < 4.78 is 6.74. The Hall–Kier alpha value is -2.22. The van der Waals surface area contributed by atoms with Gasteiger partial charge in [0.25, 0.3) is 16.7 Å². The van der Waals surface area contributed by atoms with E-state index in [1.165, 1.54) is 30.5 Å². The van der Waals surface area contributed by atoms with Gasteiger partial charge in [-0.15, -0.1) is 0 Å². The van der Waals surface area contributed by atoms with Gasteiger partial charge in [-0.05, 0) is 6.07 Å². The number of rotatable bonds is 3. The van der Waals surface area contributed by atoms with Crippen molar-refractivity contribution in [1.82, 2.24) is 19.7 Å². The number of aryl methyl sites for hydroxylation is 1. The van der Waals surface area contributed by atoms with E-state index in [0.29, 0.717) is 18.3 Å². The summed E-state index contributed by atoms with van der Waals surface area (Å²) in [5.74, 6) is -0.195. The third-order valence-electron chi connectivity index (χ3n) is 2.99. The molecular formula is C12H12N4O3S. The second-order valence-electron chi connectivity index (χ2n) is 4.43. The van der Waals surface area contributed by atoms with Crippen LogP contribution in [0, 0.1) is 0 Å². The minimum absolute atomic E-state index is 0.0300. The van der Waals surface area contributed by atoms with Crippen LogP contribution in [0.4, 0.5) is 0 Å². The second kappa shape index (κ2) is 5.04. The van der Waals surface area contributed by atoms with Crippen molar-refractivity contribution in [3.8, 4) is 5.19 Å². The first-order valence-corrected chi connectivity index (χ1v) is 6.91. The monoisotopic (exact) mass is 292 g/mol. The zero-order chi connectivity index (χ0) is 14.1. The lowest BCUT2D eigenvalue weighted by atomic mass is 10.1. The Morgan fingerprint density at radius 1 is 1.45 bits per heavy atom. The number of carbonyl (C=O) groups excluding carboxylic acids is 1. The number of hydrogen-bond acceptors (Lipinski definition) is 6. The van der Waals surface area contributed by atoms with Gasteiger partial charge in [0.2, 0.25) is 0 Å². The van der Waals surface area contributed by atoms with Crippen LogP contribution in [-0.4, -0.2) is 44.8 Å². The largest absolute Gasteiger partial charge is 0.463 e. The second-order valence-corrected chi connectivity index (χ2v) is 5.29. The SMILES string of the molecule is Cn1nc(C(=O)N2CC(Oc3nccs3)C2)ccc1=O. The third kappa shape index (κ3) is 2.42. The molecule has 2 aromatic rings. The average molecular weight is 292 g/mol. The molecule has 0 N–H and O–H groups in total. The summed E-state index contributed by atoms with van der Waals surface area (Å²) >= 11 is 1.42. The maximum atomic E-state index is 12.1. The fourth-order valence-electron chi connectivity index (χ4n) is 1.87. The lowest BCUT2D eigenvalue weighted by Crippen LogP contribution is -2.56. The Kier molecular flexibility index (Phi) is 3.23. The number of thiazole rings is 1. The summed E-state index contributed by atoms with van der Waals surface area (Å²) in [7, 11) is 1.52. The van der Waals surface area contributed by atoms with Crippen LogP contribution in [0.25, 0.3) is 0 Å². The first-order chi connectivity index (χ1) is 9.63. The molecule has 0 saturated carbocycles.